The van der Waals surface area contributed by atoms with Crippen LogP contribution in [0.3, 0.4) is 0 Å². The Morgan fingerprint density at radius 3 is 2.50 bits per heavy atom. The van der Waals surface area contributed by atoms with E-state index in [4.69, 9.17) is 22.7 Å². The zero-order valence-corrected chi connectivity index (χ0v) is 11.8. The standard InChI is InChI=1S/C12H13N5O2S/c1-7-10(11(18)17(16-7)12(13)20)15-14-8-3-5-9(19-2)6-4-8/h3-6,16H,1-2H3,(H2,13,20). The molecule has 8 heteroatoms. The average Bonchev–Trinajstić information content (AvgIpc) is 2.72. The predicted molar refractivity (Wildman–Crippen MR) is 79.1 cm³/mol. The minimum Gasteiger partial charge on any atom is -0.497 e. The van der Waals surface area contributed by atoms with Crippen molar-refractivity contribution in [2.45, 2.75) is 6.92 Å². The minimum absolute atomic E-state index is 0.0657. The van der Waals surface area contributed by atoms with Crippen LogP contribution in [0.1, 0.15) is 5.69 Å². The van der Waals surface area contributed by atoms with Crippen molar-refractivity contribution in [3.63, 3.8) is 0 Å². The summed E-state index contributed by atoms with van der Waals surface area (Å²) in [6.45, 7) is 1.69. The third-order valence-corrected chi connectivity index (χ3v) is 2.78. The molecule has 0 spiro atoms. The maximum atomic E-state index is 11.9. The number of nitrogens with zero attached hydrogens (tertiary/aromatic N) is 3. The lowest BCUT2D eigenvalue weighted by molar-refractivity contribution is 0.415. The summed E-state index contributed by atoms with van der Waals surface area (Å²) < 4.78 is 6.09. The third-order valence-electron chi connectivity index (χ3n) is 2.60. The van der Waals surface area contributed by atoms with Crippen LogP contribution in [0.4, 0.5) is 11.4 Å². The zero-order chi connectivity index (χ0) is 14.7. The van der Waals surface area contributed by atoms with E-state index < -0.39 is 5.56 Å². The number of azo groups is 1. The molecule has 0 aliphatic rings. The second kappa shape index (κ2) is 5.66. The van der Waals surface area contributed by atoms with Crippen LogP contribution in [0, 0.1) is 6.92 Å². The number of aryl methyl sites for hydroxylation is 1. The molecule has 7 nitrogen and oxygen atoms in total. The van der Waals surface area contributed by atoms with Crippen molar-refractivity contribution in [2.75, 3.05) is 7.11 Å². The van der Waals surface area contributed by atoms with Crippen molar-refractivity contribution in [3.05, 3.63) is 40.3 Å². The van der Waals surface area contributed by atoms with Crippen LogP contribution in [-0.2, 0) is 0 Å². The maximum absolute atomic E-state index is 11.9. The number of aromatic nitrogens is 2. The molecular weight excluding hydrogens is 278 g/mol. The van der Waals surface area contributed by atoms with E-state index in [2.05, 4.69) is 15.3 Å². The first-order valence-electron chi connectivity index (χ1n) is 5.70. The van der Waals surface area contributed by atoms with E-state index >= 15 is 0 Å². The molecule has 3 N–H and O–H groups in total. The number of hydrogen-bond donors (Lipinski definition) is 2. The van der Waals surface area contributed by atoms with Gasteiger partial charge in [0.25, 0.3) is 0 Å². The van der Waals surface area contributed by atoms with E-state index in [1.54, 1.807) is 38.3 Å². The van der Waals surface area contributed by atoms with E-state index in [9.17, 15) is 4.79 Å². The number of rotatable bonds is 3. The van der Waals surface area contributed by atoms with Crippen molar-refractivity contribution in [1.82, 2.24) is 9.78 Å². The topological polar surface area (TPSA) is 97.8 Å². The molecule has 1 aromatic heterocycles. The summed E-state index contributed by atoms with van der Waals surface area (Å²) >= 11 is 4.75. The maximum Gasteiger partial charge on any atom is 0.301 e. The molecule has 1 aromatic carbocycles. The molecule has 0 radical (unpaired) electrons. The van der Waals surface area contributed by atoms with Gasteiger partial charge >= 0.3 is 5.56 Å². The molecule has 0 fully saturated rings. The number of methoxy groups -OCH3 is 1. The van der Waals surface area contributed by atoms with Crippen LogP contribution in [0.25, 0.3) is 0 Å². The van der Waals surface area contributed by atoms with Gasteiger partial charge in [0.05, 0.1) is 18.5 Å². The molecule has 0 bridgehead atoms. The van der Waals surface area contributed by atoms with Crippen molar-refractivity contribution >= 4 is 28.7 Å². The van der Waals surface area contributed by atoms with Crippen LogP contribution in [-0.4, -0.2) is 22.0 Å². The minimum atomic E-state index is -0.424. The first kappa shape index (κ1) is 13.9. The Morgan fingerprint density at radius 1 is 1.35 bits per heavy atom. The van der Waals surface area contributed by atoms with Crippen LogP contribution in [0.2, 0.25) is 0 Å². The van der Waals surface area contributed by atoms with Crippen molar-refractivity contribution in [3.8, 4) is 5.75 Å². The molecule has 0 saturated heterocycles. The number of thiocarbonyl (C=S) groups is 1. The zero-order valence-electron chi connectivity index (χ0n) is 11.0. The van der Waals surface area contributed by atoms with Gasteiger partial charge in [0.15, 0.2) is 10.8 Å². The predicted octanol–water partition coefficient (Wildman–Crippen LogP) is 2.00. The number of H-pyrrole nitrogens is 1. The Bertz CT molecular complexity index is 714. The van der Waals surface area contributed by atoms with Crippen molar-refractivity contribution in [2.24, 2.45) is 16.0 Å². The highest BCUT2D eigenvalue weighted by atomic mass is 32.1. The van der Waals surface area contributed by atoms with E-state index in [-0.39, 0.29) is 10.8 Å². The number of nitrogens with two attached hydrogens (primary N) is 1. The highest BCUT2D eigenvalue weighted by Crippen LogP contribution is 2.20. The molecular formula is C12H13N5O2S. The second-order valence-electron chi connectivity index (χ2n) is 3.96. The van der Waals surface area contributed by atoms with Gasteiger partial charge in [0.1, 0.15) is 5.75 Å². The number of aromatic amines is 1. The molecule has 20 heavy (non-hydrogen) atoms. The largest absolute Gasteiger partial charge is 0.497 e. The number of ether oxygens (including phenoxy) is 1. The van der Waals surface area contributed by atoms with Gasteiger partial charge in [-0.05, 0) is 43.4 Å². The first-order valence-corrected chi connectivity index (χ1v) is 6.11. The molecule has 2 rings (SSSR count). The molecule has 0 amide bonds. The summed E-state index contributed by atoms with van der Waals surface area (Å²) in [4.78, 5) is 11.9. The monoisotopic (exact) mass is 291 g/mol. The van der Waals surface area contributed by atoms with Crippen molar-refractivity contribution in [1.29, 1.82) is 0 Å². The summed E-state index contributed by atoms with van der Waals surface area (Å²) in [5.41, 5.74) is 6.31. The lowest BCUT2D eigenvalue weighted by atomic mass is 10.3. The number of benzene rings is 1. The molecule has 0 saturated carbocycles. The fourth-order valence-electron chi connectivity index (χ4n) is 1.57. The lowest BCUT2D eigenvalue weighted by Gasteiger charge is -1.97. The van der Waals surface area contributed by atoms with E-state index in [0.717, 1.165) is 10.4 Å². The van der Waals surface area contributed by atoms with Gasteiger partial charge in [0.2, 0.25) is 0 Å². The highest BCUT2D eigenvalue weighted by molar-refractivity contribution is 7.80. The van der Waals surface area contributed by atoms with Gasteiger partial charge in [-0.15, -0.1) is 5.11 Å². The van der Waals surface area contributed by atoms with Gasteiger partial charge in [0, 0.05) is 0 Å². The SMILES string of the molecule is COc1ccc(N=Nc2c(C)[nH]n(C(N)=S)c2=O)cc1. The highest BCUT2D eigenvalue weighted by Gasteiger charge is 2.11. The first-order chi connectivity index (χ1) is 9.52. The third kappa shape index (κ3) is 2.75. The van der Waals surface area contributed by atoms with E-state index in [1.807, 2.05) is 0 Å². The quantitative estimate of drug-likeness (QED) is 0.667. The van der Waals surface area contributed by atoms with Crippen LogP contribution >= 0.6 is 12.2 Å². The van der Waals surface area contributed by atoms with Crippen molar-refractivity contribution < 1.29 is 4.74 Å². The van der Waals surface area contributed by atoms with E-state index in [1.165, 1.54) is 0 Å². The van der Waals surface area contributed by atoms with Gasteiger partial charge in [-0.3, -0.25) is 9.89 Å². The van der Waals surface area contributed by atoms with Crippen LogP contribution < -0.4 is 16.0 Å². The number of hydrogen-bond acceptors (Lipinski definition) is 5. The molecule has 0 aliphatic heterocycles. The number of nitrogens with one attached hydrogen (secondary N) is 1. The Hall–Kier alpha value is -2.48. The molecule has 0 unspecified atom stereocenters. The fourth-order valence-corrected chi connectivity index (χ4v) is 1.70. The summed E-state index contributed by atoms with van der Waals surface area (Å²) in [5, 5.41) is 10.6. The Labute approximate surface area is 120 Å². The second-order valence-corrected chi connectivity index (χ2v) is 4.38. The molecule has 0 aliphatic carbocycles. The van der Waals surface area contributed by atoms with E-state index in [0.29, 0.717) is 11.4 Å². The summed E-state index contributed by atoms with van der Waals surface area (Å²) in [5.74, 6) is 0.720. The molecule has 1 heterocycles. The Kier molecular flexibility index (Phi) is 3.94. The summed E-state index contributed by atoms with van der Waals surface area (Å²) in [6.07, 6.45) is 0. The summed E-state index contributed by atoms with van der Waals surface area (Å²) in [6, 6.07) is 6.98. The van der Waals surface area contributed by atoms with Gasteiger partial charge in [-0.2, -0.15) is 9.80 Å². The Balaban J connectivity index is 2.31. The molecule has 2 aromatic rings. The summed E-state index contributed by atoms with van der Waals surface area (Å²) in [7, 11) is 1.58. The average molecular weight is 291 g/mol. The normalized spacial score (nSPS) is 10.9. The molecule has 0 atom stereocenters. The van der Waals surface area contributed by atoms with Crippen LogP contribution in [0.15, 0.2) is 39.3 Å². The van der Waals surface area contributed by atoms with Crippen LogP contribution in [0.5, 0.6) is 5.75 Å². The smallest absolute Gasteiger partial charge is 0.301 e. The molecule has 104 valence electrons. The van der Waals surface area contributed by atoms with Gasteiger partial charge < -0.3 is 10.5 Å². The fraction of sp³-hybridized carbons (Fsp3) is 0.167. The van der Waals surface area contributed by atoms with Gasteiger partial charge in [-0.25, -0.2) is 0 Å². The lowest BCUT2D eigenvalue weighted by Crippen LogP contribution is -2.29. The van der Waals surface area contributed by atoms with Gasteiger partial charge in [-0.1, -0.05) is 0 Å². The Morgan fingerprint density at radius 2 is 2.00 bits per heavy atom.